The van der Waals surface area contributed by atoms with Crippen LogP contribution in [0.25, 0.3) is 0 Å². The molecule has 0 saturated carbocycles. The van der Waals surface area contributed by atoms with E-state index in [0.717, 1.165) is 31.6 Å². The van der Waals surface area contributed by atoms with E-state index in [-0.39, 0.29) is 12.1 Å². The third kappa shape index (κ3) is 5.32. The number of amides is 1. The largest absolute Gasteiger partial charge is 0.444 e. The standard InChI is InChI=1S/C16H25ClN4O2/c1-16(2,3)23-15(22)21-9-5-6-12(21)10-20(4)11-13-14(17)19-8-7-18-13/h7-8,12H,5-6,9-11H2,1-4H3/t12-/m1/s1. The normalized spacial score (nSPS) is 18.5. The SMILES string of the molecule is CN(Cc1nccnc1Cl)C[C@H]1CCCN1C(=O)OC(C)(C)C. The summed E-state index contributed by atoms with van der Waals surface area (Å²) in [6.45, 7) is 7.77. The summed E-state index contributed by atoms with van der Waals surface area (Å²) in [5.74, 6) is 0. The van der Waals surface area contributed by atoms with Crippen molar-refractivity contribution in [2.24, 2.45) is 0 Å². The number of carbonyl (C=O) groups excluding carboxylic acids is 1. The van der Waals surface area contributed by atoms with Crippen molar-refractivity contribution in [1.29, 1.82) is 0 Å². The molecule has 1 aliphatic heterocycles. The van der Waals surface area contributed by atoms with Gasteiger partial charge in [-0.2, -0.15) is 0 Å². The molecule has 0 aliphatic carbocycles. The number of nitrogens with zero attached hydrogens (tertiary/aromatic N) is 4. The Bertz CT molecular complexity index is 547. The molecule has 0 N–H and O–H groups in total. The van der Waals surface area contributed by atoms with Crippen molar-refractivity contribution in [3.63, 3.8) is 0 Å². The Balaban J connectivity index is 1.93. The first-order chi connectivity index (χ1) is 10.8. The molecule has 1 amide bonds. The Morgan fingerprint density at radius 1 is 1.43 bits per heavy atom. The Morgan fingerprint density at radius 2 is 2.13 bits per heavy atom. The molecule has 0 spiro atoms. The summed E-state index contributed by atoms with van der Waals surface area (Å²) in [5, 5.41) is 0.426. The molecule has 128 valence electrons. The highest BCUT2D eigenvalue weighted by Crippen LogP contribution is 2.22. The summed E-state index contributed by atoms with van der Waals surface area (Å²) >= 11 is 6.05. The first-order valence-electron chi connectivity index (χ1n) is 7.90. The molecule has 7 heteroatoms. The van der Waals surface area contributed by atoms with Crippen molar-refractivity contribution in [2.45, 2.75) is 51.8 Å². The lowest BCUT2D eigenvalue weighted by Crippen LogP contribution is -2.44. The van der Waals surface area contributed by atoms with Gasteiger partial charge in [0.05, 0.1) is 5.69 Å². The number of ether oxygens (including phenoxy) is 1. The Labute approximate surface area is 142 Å². The van der Waals surface area contributed by atoms with Gasteiger partial charge in [0.25, 0.3) is 0 Å². The van der Waals surface area contributed by atoms with Gasteiger partial charge in [0.1, 0.15) is 5.60 Å². The third-order valence-corrected chi connectivity index (χ3v) is 3.99. The summed E-state index contributed by atoms with van der Waals surface area (Å²) in [4.78, 5) is 24.5. The molecule has 1 aromatic rings. The smallest absolute Gasteiger partial charge is 0.410 e. The van der Waals surface area contributed by atoms with Crippen LogP contribution in [-0.4, -0.2) is 57.6 Å². The minimum Gasteiger partial charge on any atom is -0.444 e. The monoisotopic (exact) mass is 340 g/mol. The maximum Gasteiger partial charge on any atom is 0.410 e. The maximum absolute atomic E-state index is 12.3. The lowest BCUT2D eigenvalue weighted by atomic mass is 10.2. The molecule has 1 saturated heterocycles. The van der Waals surface area contributed by atoms with Gasteiger partial charge in [-0.05, 0) is 40.7 Å². The number of halogens is 1. The zero-order valence-corrected chi connectivity index (χ0v) is 15.0. The first kappa shape index (κ1) is 17.9. The quantitative estimate of drug-likeness (QED) is 0.843. The molecule has 0 radical (unpaired) electrons. The highest BCUT2D eigenvalue weighted by atomic mass is 35.5. The van der Waals surface area contributed by atoms with Gasteiger partial charge in [0, 0.05) is 38.1 Å². The van der Waals surface area contributed by atoms with Gasteiger partial charge in [0.2, 0.25) is 0 Å². The fraction of sp³-hybridized carbons (Fsp3) is 0.688. The molecule has 1 aliphatic rings. The molecule has 6 nitrogen and oxygen atoms in total. The number of aromatic nitrogens is 2. The Hall–Kier alpha value is -1.40. The van der Waals surface area contributed by atoms with Gasteiger partial charge in [-0.15, -0.1) is 0 Å². The van der Waals surface area contributed by atoms with Crippen LogP contribution in [0, 0.1) is 0 Å². The highest BCUT2D eigenvalue weighted by Gasteiger charge is 2.32. The van der Waals surface area contributed by atoms with Crippen molar-refractivity contribution in [2.75, 3.05) is 20.1 Å². The minimum absolute atomic E-state index is 0.158. The van der Waals surface area contributed by atoms with E-state index in [1.54, 1.807) is 12.4 Å². The van der Waals surface area contributed by atoms with E-state index < -0.39 is 5.60 Å². The molecule has 1 aromatic heterocycles. The number of carbonyl (C=O) groups is 1. The zero-order valence-electron chi connectivity index (χ0n) is 14.3. The van der Waals surface area contributed by atoms with Crippen molar-refractivity contribution < 1.29 is 9.53 Å². The molecule has 23 heavy (non-hydrogen) atoms. The molecular formula is C16H25ClN4O2. The number of rotatable bonds is 4. The second-order valence-corrected chi connectivity index (χ2v) is 7.32. The summed E-state index contributed by atoms with van der Waals surface area (Å²) in [5.41, 5.74) is 0.280. The molecule has 0 aromatic carbocycles. The first-order valence-corrected chi connectivity index (χ1v) is 8.27. The van der Waals surface area contributed by atoms with Gasteiger partial charge in [0.15, 0.2) is 5.15 Å². The van der Waals surface area contributed by atoms with Crippen LogP contribution in [-0.2, 0) is 11.3 Å². The van der Waals surface area contributed by atoms with E-state index in [1.807, 2.05) is 32.7 Å². The second kappa shape index (κ2) is 7.45. The average Bonchev–Trinajstić information content (AvgIpc) is 2.87. The lowest BCUT2D eigenvalue weighted by Gasteiger charge is -2.30. The van der Waals surface area contributed by atoms with Crippen LogP contribution in [0.1, 0.15) is 39.3 Å². The summed E-state index contributed by atoms with van der Waals surface area (Å²) < 4.78 is 5.50. The molecule has 0 unspecified atom stereocenters. The third-order valence-electron chi connectivity index (χ3n) is 3.67. The van der Waals surface area contributed by atoms with Crippen molar-refractivity contribution in [3.05, 3.63) is 23.2 Å². The van der Waals surface area contributed by atoms with Gasteiger partial charge in [-0.1, -0.05) is 11.6 Å². The maximum atomic E-state index is 12.3. The molecule has 1 atom stereocenters. The van der Waals surface area contributed by atoms with Crippen molar-refractivity contribution in [3.8, 4) is 0 Å². The molecule has 0 bridgehead atoms. The van der Waals surface area contributed by atoms with Crippen LogP contribution < -0.4 is 0 Å². The number of hydrogen-bond donors (Lipinski definition) is 0. The van der Waals surface area contributed by atoms with Crippen molar-refractivity contribution >= 4 is 17.7 Å². The minimum atomic E-state index is -0.469. The fourth-order valence-corrected chi connectivity index (χ4v) is 2.89. The predicted molar refractivity (Wildman–Crippen MR) is 89.3 cm³/mol. The van der Waals surface area contributed by atoms with Crippen molar-refractivity contribution in [1.82, 2.24) is 19.8 Å². The van der Waals surface area contributed by atoms with Gasteiger partial charge in [-0.25, -0.2) is 9.78 Å². The summed E-state index contributed by atoms with van der Waals surface area (Å²) in [6, 6.07) is 0.158. The van der Waals surface area contributed by atoms with Crippen LogP contribution >= 0.6 is 11.6 Å². The van der Waals surface area contributed by atoms with Gasteiger partial charge in [-0.3, -0.25) is 9.88 Å². The van der Waals surface area contributed by atoms with E-state index in [1.165, 1.54) is 0 Å². The van der Waals surface area contributed by atoms with Crippen LogP contribution in [0.15, 0.2) is 12.4 Å². The number of likely N-dealkylation sites (tertiary alicyclic amines) is 1. The lowest BCUT2D eigenvalue weighted by molar-refractivity contribution is 0.0201. The molecule has 1 fully saturated rings. The second-order valence-electron chi connectivity index (χ2n) is 6.96. The Morgan fingerprint density at radius 3 is 2.78 bits per heavy atom. The average molecular weight is 341 g/mol. The van der Waals surface area contributed by atoms with E-state index >= 15 is 0 Å². The van der Waals surface area contributed by atoms with E-state index in [4.69, 9.17) is 16.3 Å². The van der Waals surface area contributed by atoms with E-state index in [2.05, 4.69) is 14.9 Å². The molecule has 2 heterocycles. The topological polar surface area (TPSA) is 58.6 Å². The van der Waals surface area contributed by atoms with Gasteiger partial charge >= 0.3 is 6.09 Å². The fourth-order valence-electron chi connectivity index (χ4n) is 2.72. The Kier molecular flexibility index (Phi) is 5.81. The van der Waals surface area contributed by atoms with Gasteiger partial charge < -0.3 is 9.64 Å². The highest BCUT2D eigenvalue weighted by molar-refractivity contribution is 6.29. The van der Waals surface area contributed by atoms with Crippen LogP contribution in [0.4, 0.5) is 4.79 Å². The van der Waals surface area contributed by atoms with Crippen LogP contribution in [0.2, 0.25) is 5.15 Å². The molecular weight excluding hydrogens is 316 g/mol. The number of likely N-dealkylation sites (N-methyl/N-ethyl adjacent to an activating group) is 1. The predicted octanol–water partition coefficient (Wildman–Crippen LogP) is 2.96. The summed E-state index contributed by atoms with van der Waals surface area (Å²) in [6.07, 6.45) is 4.97. The van der Waals surface area contributed by atoms with Crippen LogP contribution in [0.5, 0.6) is 0 Å². The van der Waals surface area contributed by atoms with E-state index in [9.17, 15) is 4.79 Å². The molecule has 2 rings (SSSR count). The van der Waals surface area contributed by atoms with E-state index in [0.29, 0.717) is 11.7 Å². The van der Waals surface area contributed by atoms with Crippen LogP contribution in [0.3, 0.4) is 0 Å². The zero-order chi connectivity index (χ0) is 17.0. The number of hydrogen-bond acceptors (Lipinski definition) is 5. The summed E-state index contributed by atoms with van der Waals surface area (Å²) in [7, 11) is 2.00.